The third kappa shape index (κ3) is 4.96. The van der Waals surface area contributed by atoms with Crippen LogP contribution in [-0.4, -0.2) is 21.4 Å². The highest BCUT2D eigenvalue weighted by atomic mass is 15.3. The van der Waals surface area contributed by atoms with Crippen molar-refractivity contribution in [3.05, 3.63) is 181 Å². The van der Waals surface area contributed by atoms with Gasteiger partial charge in [0.25, 0.3) is 0 Å². The zero-order valence-electron chi connectivity index (χ0n) is 26.4. The molecule has 0 atom stereocenters. The summed E-state index contributed by atoms with van der Waals surface area (Å²) >= 11 is 0. The number of benzene rings is 6. The first-order chi connectivity index (χ1) is 24.2. The smallest absolute Gasteiger partial charge is 0.116 e. The number of fused-ring (bicyclic) bond motifs is 4. The van der Waals surface area contributed by atoms with Gasteiger partial charge in [0.15, 0.2) is 0 Å². The van der Waals surface area contributed by atoms with Crippen molar-refractivity contribution in [1.82, 2.24) is 9.97 Å². The molecule has 0 spiro atoms. The number of aromatic nitrogens is 2. The summed E-state index contributed by atoms with van der Waals surface area (Å²) in [6.45, 7) is 0. The van der Waals surface area contributed by atoms with E-state index in [0.717, 1.165) is 82.7 Å². The van der Waals surface area contributed by atoms with Gasteiger partial charge in [-0.3, -0.25) is 20.8 Å². The standard InChI is InChI=1S/C44H29N5/c45-40-25-39(33-12-2-7-17-38(33)44(40)49-48-32-21-19-28(20-22-32)30-11-9-23-46-26-30)43-36-15-5-3-13-34(36)42(35-14-4-6-16-37(35)43)31-24-29-10-1-8-18-41(29)47-27-31/h1-27,45,48H/b45-40?,49-44-. The van der Waals surface area contributed by atoms with Gasteiger partial charge in [-0.2, -0.15) is 5.10 Å². The van der Waals surface area contributed by atoms with E-state index in [4.69, 9.17) is 10.1 Å². The lowest BCUT2D eigenvalue weighted by Crippen LogP contribution is -2.21. The van der Waals surface area contributed by atoms with Crippen LogP contribution in [0.3, 0.4) is 0 Å². The van der Waals surface area contributed by atoms with Crippen LogP contribution in [0.4, 0.5) is 5.69 Å². The van der Waals surface area contributed by atoms with E-state index in [9.17, 15) is 5.41 Å². The lowest BCUT2D eigenvalue weighted by atomic mass is 9.80. The number of pyridine rings is 2. The molecule has 0 amide bonds. The molecule has 49 heavy (non-hydrogen) atoms. The van der Waals surface area contributed by atoms with Gasteiger partial charge in [-0.1, -0.05) is 109 Å². The van der Waals surface area contributed by atoms with Crippen molar-refractivity contribution in [1.29, 1.82) is 5.41 Å². The number of para-hydroxylation sites is 1. The molecule has 1 aliphatic rings. The highest BCUT2D eigenvalue weighted by Crippen LogP contribution is 2.45. The highest BCUT2D eigenvalue weighted by Gasteiger charge is 2.26. The van der Waals surface area contributed by atoms with Crippen LogP contribution >= 0.6 is 0 Å². The first-order valence-electron chi connectivity index (χ1n) is 16.3. The zero-order valence-corrected chi connectivity index (χ0v) is 26.4. The summed E-state index contributed by atoms with van der Waals surface area (Å²) < 4.78 is 0. The van der Waals surface area contributed by atoms with Crippen LogP contribution < -0.4 is 5.43 Å². The molecule has 8 aromatic rings. The van der Waals surface area contributed by atoms with Crippen molar-refractivity contribution in [3.8, 4) is 22.3 Å². The Hall–Kier alpha value is -6.72. The van der Waals surface area contributed by atoms with Gasteiger partial charge in [-0.15, -0.1) is 0 Å². The quantitative estimate of drug-likeness (QED) is 0.147. The van der Waals surface area contributed by atoms with Gasteiger partial charge in [-0.05, 0) is 91.3 Å². The molecule has 1 aliphatic carbocycles. The van der Waals surface area contributed by atoms with Gasteiger partial charge in [0.2, 0.25) is 0 Å². The summed E-state index contributed by atoms with van der Waals surface area (Å²) in [6.07, 6.45) is 7.59. The molecule has 230 valence electrons. The van der Waals surface area contributed by atoms with Crippen molar-refractivity contribution in [2.45, 2.75) is 0 Å². The Morgan fingerprint density at radius 1 is 0.551 bits per heavy atom. The fourth-order valence-electron chi connectivity index (χ4n) is 7.02. The zero-order chi connectivity index (χ0) is 32.7. The monoisotopic (exact) mass is 627 g/mol. The third-order valence-electron chi connectivity index (χ3n) is 9.27. The van der Waals surface area contributed by atoms with Crippen molar-refractivity contribution >= 4 is 55.1 Å². The Kier molecular flexibility index (Phi) is 6.87. The van der Waals surface area contributed by atoms with E-state index in [0.29, 0.717) is 11.4 Å². The van der Waals surface area contributed by atoms with Crippen LogP contribution in [-0.2, 0) is 0 Å². The van der Waals surface area contributed by atoms with Crippen molar-refractivity contribution in [2.75, 3.05) is 5.43 Å². The number of hydrogen-bond donors (Lipinski definition) is 2. The second-order valence-electron chi connectivity index (χ2n) is 12.2. The lowest BCUT2D eigenvalue weighted by molar-refractivity contribution is 1.32. The molecule has 0 saturated heterocycles. The molecular weight excluding hydrogens is 599 g/mol. The minimum absolute atomic E-state index is 0.351. The molecule has 0 bridgehead atoms. The van der Waals surface area contributed by atoms with E-state index in [1.54, 1.807) is 6.20 Å². The third-order valence-corrected chi connectivity index (χ3v) is 9.27. The summed E-state index contributed by atoms with van der Waals surface area (Å²) in [5, 5.41) is 19.7. The summed E-state index contributed by atoms with van der Waals surface area (Å²) in [5.41, 5.74) is 14.4. The number of hydrogen-bond acceptors (Lipinski definition) is 5. The predicted octanol–water partition coefficient (Wildman–Crippen LogP) is 10.6. The number of anilines is 1. The first kappa shape index (κ1) is 28.5. The SMILES string of the molecule is N=C1C=C(c2c3ccccc3c(-c3cnc4ccccc4c3)c3ccccc23)c2ccccc2/C1=N/Nc1ccc(-c2cccnc2)cc1. The number of rotatable bonds is 5. The minimum Gasteiger partial charge on any atom is -0.299 e. The van der Waals surface area contributed by atoms with Crippen molar-refractivity contribution in [3.63, 3.8) is 0 Å². The molecule has 2 aromatic heterocycles. The normalized spacial score (nSPS) is 13.5. The Balaban J connectivity index is 1.17. The Labute approximate surface area is 283 Å². The molecule has 0 aliphatic heterocycles. The maximum Gasteiger partial charge on any atom is 0.116 e. The van der Waals surface area contributed by atoms with Crippen LogP contribution in [0.25, 0.3) is 60.3 Å². The molecule has 6 aromatic carbocycles. The van der Waals surface area contributed by atoms with Crippen LogP contribution in [0.5, 0.6) is 0 Å². The van der Waals surface area contributed by atoms with Crippen molar-refractivity contribution in [2.24, 2.45) is 5.10 Å². The molecule has 0 radical (unpaired) electrons. The summed E-state index contributed by atoms with van der Waals surface area (Å²) in [4.78, 5) is 9.06. The van der Waals surface area contributed by atoms with E-state index < -0.39 is 0 Å². The van der Waals surface area contributed by atoms with Crippen LogP contribution in [0.15, 0.2) is 169 Å². The summed E-state index contributed by atoms with van der Waals surface area (Å²) in [5.74, 6) is 0. The Bertz CT molecular complexity index is 2580. The molecule has 2 N–H and O–H groups in total. The van der Waals surface area contributed by atoms with E-state index in [2.05, 4.69) is 95.3 Å². The molecule has 0 fully saturated rings. The Morgan fingerprint density at radius 2 is 1.20 bits per heavy atom. The second kappa shape index (κ2) is 11.8. The van der Waals surface area contributed by atoms with Gasteiger partial charge in [-0.25, -0.2) is 0 Å². The fraction of sp³-hybridized carbons (Fsp3) is 0. The predicted molar refractivity (Wildman–Crippen MR) is 203 cm³/mol. The molecule has 9 rings (SSSR count). The molecule has 5 nitrogen and oxygen atoms in total. The minimum atomic E-state index is 0.351. The number of nitrogens with one attached hydrogen (secondary N) is 2. The largest absolute Gasteiger partial charge is 0.299 e. The average molecular weight is 628 g/mol. The lowest BCUT2D eigenvalue weighted by Gasteiger charge is -2.24. The molecule has 0 unspecified atom stereocenters. The molecule has 0 saturated carbocycles. The van der Waals surface area contributed by atoms with Gasteiger partial charge < -0.3 is 0 Å². The highest BCUT2D eigenvalue weighted by molar-refractivity contribution is 6.54. The van der Waals surface area contributed by atoms with E-state index in [-0.39, 0.29) is 0 Å². The van der Waals surface area contributed by atoms with Crippen LogP contribution in [0.1, 0.15) is 16.7 Å². The summed E-state index contributed by atoms with van der Waals surface area (Å²) in [7, 11) is 0. The number of allylic oxidation sites excluding steroid dienone is 1. The number of hydrazone groups is 1. The average Bonchev–Trinajstić information content (AvgIpc) is 3.17. The fourth-order valence-corrected chi connectivity index (χ4v) is 7.02. The number of nitrogens with zero attached hydrogens (tertiary/aromatic N) is 3. The van der Waals surface area contributed by atoms with E-state index >= 15 is 0 Å². The van der Waals surface area contributed by atoms with Crippen LogP contribution in [0.2, 0.25) is 0 Å². The molecule has 5 heteroatoms. The van der Waals surface area contributed by atoms with Gasteiger partial charge in [0.05, 0.1) is 16.9 Å². The first-order valence-corrected chi connectivity index (χ1v) is 16.3. The van der Waals surface area contributed by atoms with E-state index in [1.807, 2.05) is 73.1 Å². The van der Waals surface area contributed by atoms with E-state index in [1.165, 1.54) is 0 Å². The second-order valence-corrected chi connectivity index (χ2v) is 12.2. The van der Waals surface area contributed by atoms with Gasteiger partial charge in [0.1, 0.15) is 5.71 Å². The summed E-state index contributed by atoms with van der Waals surface area (Å²) in [6, 6.07) is 48.0. The van der Waals surface area contributed by atoms with Gasteiger partial charge >= 0.3 is 0 Å². The molecular formula is C44H29N5. The molecule has 2 heterocycles. The maximum atomic E-state index is 9.28. The van der Waals surface area contributed by atoms with Crippen LogP contribution in [0, 0.1) is 5.41 Å². The Morgan fingerprint density at radius 3 is 1.92 bits per heavy atom. The van der Waals surface area contributed by atoms with Crippen molar-refractivity contribution < 1.29 is 0 Å². The topological polar surface area (TPSA) is 74.0 Å². The maximum absolute atomic E-state index is 9.28. The van der Waals surface area contributed by atoms with Gasteiger partial charge in [0, 0.05) is 35.1 Å².